The van der Waals surface area contributed by atoms with Gasteiger partial charge < -0.3 is 19.9 Å². The molecule has 0 radical (unpaired) electrons. The van der Waals surface area contributed by atoms with Crippen molar-refractivity contribution >= 4 is 23.2 Å². The van der Waals surface area contributed by atoms with Crippen molar-refractivity contribution in [2.45, 2.75) is 19.6 Å². The maximum absolute atomic E-state index is 12.3. The fraction of sp³-hybridized carbons (Fsp3) is 0.385. The van der Waals surface area contributed by atoms with E-state index in [4.69, 9.17) is 9.84 Å². The van der Waals surface area contributed by atoms with Crippen LogP contribution in [0, 0.1) is 6.92 Å². The van der Waals surface area contributed by atoms with Crippen molar-refractivity contribution in [3.05, 3.63) is 28.5 Å². The molecule has 0 fully saturated rings. The Morgan fingerprint density at radius 2 is 2.23 bits per heavy atom. The van der Waals surface area contributed by atoms with Gasteiger partial charge in [-0.2, -0.15) is 8.78 Å². The van der Waals surface area contributed by atoms with Gasteiger partial charge in [0.05, 0.1) is 13.2 Å². The Hall–Kier alpha value is -2.00. The highest BCUT2D eigenvalue weighted by atomic mass is 32.1. The van der Waals surface area contributed by atoms with Crippen LogP contribution in [-0.2, 0) is 9.53 Å². The molecule has 1 unspecified atom stereocenters. The number of aliphatic carboxylic acids is 1. The molecule has 9 heteroatoms. The molecule has 1 amide bonds. The molecule has 22 heavy (non-hydrogen) atoms. The van der Waals surface area contributed by atoms with Gasteiger partial charge in [-0.3, -0.25) is 4.79 Å². The number of halogens is 2. The van der Waals surface area contributed by atoms with Crippen molar-refractivity contribution in [3.63, 3.8) is 0 Å². The summed E-state index contributed by atoms with van der Waals surface area (Å²) in [4.78, 5) is 23.6. The third kappa shape index (κ3) is 5.41. The first-order valence-corrected chi connectivity index (χ1v) is 6.94. The van der Waals surface area contributed by atoms with Crippen molar-refractivity contribution in [2.75, 3.05) is 13.2 Å². The minimum Gasteiger partial charge on any atom is -0.480 e. The molecule has 1 heterocycles. The minimum atomic E-state index is -3.08. The van der Waals surface area contributed by atoms with Gasteiger partial charge in [0.2, 0.25) is 0 Å². The van der Waals surface area contributed by atoms with Gasteiger partial charge in [0, 0.05) is 4.88 Å². The molecule has 1 aromatic rings. The standard InChI is InChI=1S/C13H15F2NO5S/c1-3-4-20-6-8(12(18)19)16-11(17)10-9(21-13(14)15)5-7(2)22-10/h3,5,8,13H,1,4,6H2,2H3,(H,16,17)(H,18,19). The van der Waals surface area contributed by atoms with E-state index in [0.29, 0.717) is 4.88 Å². The summed E-state index contributed by atoms with van der Waals surface area (Å²) in [6, 6.07) is -0.0234. The van der Waals surface area contributed by atoms with E-state index < -0.39 is 24.5 Å². The number of hydrogen-bond donors (Lipinski definition) is 2. The number of rotatable bonds is 9. The van der Waals surface area contributed by atoms with Crippen molar-refractivity contribution in [1.29, 1.82) is 0 Å². The first kappa shape index (κ1) is 18.1. The highest BCUT2D eigenvalue weighted by Crippen LogP contribution is 2.30. The number of alkyl halides is 2. The molecule has 2 N–H and O–H groups in total. The number of carbonyl (C=O) groups excluding carboxylic acids is 1. The number of aryl methyl sites for hydroxylation is 1. The lowest BCUT2D eigenvalue weighted by Gasteiger charge is -2.14. The Morgan fingerprint density at radius 3 is 2.77 bits per heavy atom. The maximum Gasteiger partial charge on any atom is 0.387 e. The van der Waals surface area contributed by atoms with Gasteiger partial charge in [-0.25, -0.2) is 4.79 Å². The molecule has 1 aromatic heterocycles. The summed E-state index contributed by atoms with van der Waals surface area (Å²) in [7, 11) is 0. The highest BCUT2D eigenvalue weighted by Gasteiger charge is 2.25. The first-order valence-electron chi connectivity index (χ1n) is 6.12. The number of nitrogens with one attached hydrogen (secondary N) is 1. The SMILES string of the molecule is C=CCOCC(NC(=O)c1sc(C)cc1OC(F)F)C(=O)O. The van der Waals surface area contributed by atoms with E-state index in [1.54, 1.807) is 6.92 Å². The maximum atomic E-state index is 12.3. The van der Waals surface area contributed by atoms with Crippen LogP contribution in [0.25, 0.3) is 0 Å². The lowest BCUT2D eigenvalue weighted by Crippen LogP contribution is -2.44. The van der Waals surface area contributed by atoms with Gasteiger partial charge in [-0.1, -0.05) is 6.08 Å². The zero-order valence-corrected chi connectivity index (χ0v) is 12.5. The Kier molecular flexibility index (Phi) is 6.93. The fourth-order valence-corrected chi connectivity index (χ4v) is 2.35. The molecule has 6 nitrogen and oxygen atoms in total. The zero-order chi connectivity index (χ0) is 16.7. The monoisotopic (exact) mass is 335 g/mol. The van der Waals surface area contributed by atoms with Gasteiger partial charge in [-0.15, -0.1) is 17.9 Å². The minimum absolute atomic E-state index is 0.118. The van der Waals surface area contributed by atoms with Gasteiger partial charge in [0.25, 0.3) is 5.91 Å². The summed E-state index contributed by atoms with van der Waals surface area (Å²) >= 11 is 0.926. The molecular formula is C13H15F2NO5S. The number of thiophene rings is 1. The molecule has 122 valence electrons. The molecule has 0 spiro atoms. The quantitative estimate of drug-likeness (QED) is 0.533. The molecule has 0 saturated carbocycles. The Bertz CT molecular complexity index is 547. The Balaban J connectivity index is 2.81. The topological polar surface area (TPSA) is 84.9 Å². The lowest BCUT2D eigenvalue weighted by molar-refractivity contribution is -0.140. The van der Waals surface area contributed by atoms with Crippen LogP contribution in [-0.4, -0.2) is 42.9 Å². The van der Waals surface area contributed by atoms with Gasteiger partial charge in [-0.05, 0) is 13.0 Å². The van der Waals surface area contributed by atoms with E-state index in [9.17, 15) is 18.4 Å². The summed E-state index contributed by atoms with van der Waals surface area (Å²) in [5.74, 6) is -2.41. The second-order valence-electron chi connectivity index (χ2n) is 4.12. The smallest absolute Gasteiger partial charge is 0.387 e. The normalized spacial score (nSPS) is 12.0. The molecule has 0 aliphatic carbocycles. The highest BCUT2D eigenvalue weighted by molar-refractivity contribution is 7.14. The number of amides is 1. The fourth-order valence-electron chi connectivity index (χ4n) is 1.50. The summed E-state index contributed by atoms with van der Waals surface area (Å²) in [5, 5.41) is 11.2. The molecule has 0 aliphatic heterocycles. The van der Waals surface area contributed by atoms with Crippen molar-refractivity contribution in [3.8, 4) is 5.75 Å². The van der Waals surface area contributed by atoms with Crippen LogP contribution < -0.4 is 10.1 Å². The van der Waals surface area contributed by atoms with E-state index >= 15 is 0 Å². The second kappa shape index (κ2) is 8.44. The van der Waals surface area contributed by atoms with Crippen LogP contribution in [0.15, 0.2) is 18.7 Å². The third-order valence-electron chi connectivity index (χ3n) is 2.37. The van der Waals surface area contributed by atoms with Gasteiger partial charge in [0.15, 0.2) is 6.04 Å². The van der Waals surface area contributed by atoms with Crippen LogP contribution >= 0.6 is 11.3 Å². The van der Waals surface area contributed by atoms with E-state index in [0.717, 1.165) is 11.3 Å². The number of carbonyl (C=O) groups is 2. The predicted octanol–water partition coefficient (Wildman–Crippen LogP) is 2.04. The van der Waals surface area contributed by atoms with Crippen LogP contribution in [0.3, 0.4) is 0 Å². The summed E-state index contributed by atoms with van der Waals surface area (Å²) in [6.45, 7) is 1.79. The average molecular weight is 335 g/mol. The van der Waals surface area contributed by atoms with Crippen LogP contribution in [0.4, 0.5) is 8.78 Å². The molecule has 0 aliphatic rings. The number of carboxylic acids is 1. The number of carboxylic acid groups (broad SMARTS) is 1. The summed E-state index contributed by atoms with van der Waals surface area (Å²) in [6.07, 6.45) is 1.43. The van der Waals surface area contributed by atoms with E-state index in [-0.39, 0.29) is 23.8 Å². The van der Waals surface area contributed by atoms with Crippen molar-refractivity contribution in [2.24, 2.45) is 0 Å². The predicted molar refractivity (Wildman–Crippen MR) is 75.6 cm³/mol. The Morgan fingerprint density at radius 1 is 1.55 bits per heavy atom. The van der Waals surface area contributed by atoms with E-state index in [1.807, 2.05) is 0 Å². The summed E-state index contributed by atoms with van der Waals surface area (Å²) < 4.78 is 33.8. The third-order valence-corrected chi connectivity index (χ3v) is 3.40. The van der Waals surface area contributed by atoms with Crippen molar-refractivity contribution in [1.82, 2.24) is 5.32 Å². The largest absolute Gasteiger partial charge is 0.480 e. The number of ether oxygens (including phenoxy) is 2. The van der Waals surface area contributed by atoms with Gasteiger partial charge in [0.1, 0.15) is 10.6 Å². The molecule has 0 aromatic carbocycles. The van der Waals surface area contributed by atoms with Crippen LogP contribution in [0.5, 0.6) is 5.75 Å². The molecular weight excluding hydrogens is 320 g/mol. The van der Waals surface area contributed by atoms with Gasteiger partial charge >= 0.3 is 12.6 Å². The first-order chi connectivity index (χ1) is 10.3. The van der Waals surface area contributed by atoms with E-state index in [2.05, 4.69) is 16.6 Å². The summed E-state index contributed by atoms with van der Waals surface area (Å²) in [5.41, 5.74) is 0. The second-order valence-corrected chi connectivity index (χ2v) is 5.38. The molecule has 1 atom stereocenters. The number of hydrogen-bond acceptors (Lipinski definition) is 5. The molecule has 1 rings (SSSR count). The molecule has 0 saturated heterocycles. The zero-order valence-electron chi connectivity index (χ0n) is 11.7. The van der Waals surface area contributed by atoms with Crippen molar-refractivity contribution < 1.29 is 33.0 Å². The van der Waals surface area contributed by atoms with Crippen LogP contribution in [0.2, 0.25) is 0 Å². The average Bonchev–Trinajstić information content (AvgIpc) is 2.77. The van der Waals surface area contributed by atoms with E-state index in [1.165, 1.54) is 12.1 Å². The van der Waals surface area contributed by atoms with Crippen LogP contribution in [0.1, 0.15) is 14.5 Å². The lowest BCUT2D eigenvalue weighted by atomic mass is 10.3. The Labute approximate surface area is 129 Å². The molecule has 0 bridgehead atoms.